The molecule has 1 aliphatic rings. The van der Waals surface area contributed by atoms with Gasteiger partial charge in [0.1, 0.15) is 5.82 Å². The van der Waals surface area contributed by atoms with Crippen molar-refractivity contribution < 1.29 is 0 Å². The Kier molecular flexibility index (Phi) is 3.14. The van der Waals surface area contributed by atoms with Crippen LogP contribution in [0.25, 0.3) is 5.65 Å². The van der Waals surface area contributed by atoms with E-state index in [0.717, 1.165) is 24.4 Å². The Morgan fingerprint density at radius 1 is 1.37 bits per heavy atom. The summed E-state index contributed by atoms with van der Waals surface area (Å²) in [6.45, 7) is 4.21. The monoisotopic (exact) mass is 259 g/mol. The first-order valence-corrected chi connectivity index (χ1v) is 6.88. The lowest BCUT2D eigenvalue weighted by Gasteiger charge is -2.37. The summed E-state index contributed by atoms with van der Waals surface area (Å²) in [4.78, 5) is 9.26. The largest absolute Gasteiger partial charge is 0.355 e. The van der Waals surface area contributed by atoms with Crippen LogP contribution in [-0.4, -0.2) is 52.7 Å². The van der Waals surface area contributed by atoms with Gasteiger partial charge in [0.2, 0.25) is 0 Å². The van der Waals surface area contributed by atoms with Gasteiger partial charge in [0, 0.05) is 37.0 Å². The average Bonchev–Trinajstić information content (AvgIpc) is 2.85. The Hall–Kier alpha value is -1.62. The lowest BCUT2D eigenvalue weighted by molar-refractivity contribution is 0.257. The van der Waals surface area contributed by atoms with Crippen molar-refractivity contribution in [2.75, 3.05) is 32.1 Å². The molecule has 0 N–H and O–H groups in total. The maximum absolute atomic E-state index is 4.51. The van der Waals surface area contributed by atoms with Gasteiger partial charge in [0.15, 0.2) is 5.65 Å². The zero-order valence-electron chi connectivity index (χ0n) is 11.9. The predicted octanol–water partition coefficient (Wildman–Crippen LogP) is 1.57. The van der Waals surface area contributed by atoms with Crippen LogP contribution >= 0.6 is 0 Å². The summed E-state index contributed by atoms with van der Waals surface area (Å²) in [5.41, 5.74) is 1.98. The zero-order valence-corrected chi connectivity index (χ0v) is 11.9. The molecule has 1 saturated heterocycles. The van der Waals surface area contributed by atoms with E-state index >= 15 is 0 Å². The minimum absolute atomic E-state index is 0.618. The van der Waals surface area contributed by atoms with Crippen molar-refractivity contribution in [3.8, 4) is 0 Å². The van der Waals surface area contributed by atoms with E-state index in [2.05, 4.69) is 40.0 Å². The topological polar surface area (TPSA) is 36.7 Å². The Morgan fingerprint density at radius 3 is 3.00 bits per heavy atom. The molecule has 0 amide bonds. The van der Waals surface area contributed by atoms with E-state index in [0.29, 0.717) is 6.04 Å². The van der Waals surface area contributed by atoms with Crippen molar-refractivity contribution in [3.63, 3.8) is 0 Å². The van der Waals surface area contributed by atoms with E-state index in [1.54, 1.807) is 0 Å². The van der Waals surface area contributed by atoms with Crippen molar-refractivity contribution in [3.05, 3.63) is 24.0 Å². The molecule has 0 unspecified atom stereocenters. The van der Waals surface area contributed by atoms with Crippen LogP contribution in [0.15, 0.2) is 18.3 Å². The summed E-state index contributed by atoms with van der Waals surface area (Å²) in [6.07, 6.45) is 4.32. The standard InChI is InChI=1S/C14H21N5/c1-11-9-14(19-13(16-11)6-7-15-19)18-8-4-5-12(10-18)17(2)3/h6-7,9,12H,4-5,8,10H2,1-3H3/t12-/m0/s1. The summed E-state index contributed by atoms with van der Waals surface area (Å²) in [6, 6.07) is 4.72. The van der Waals surface area contributed by atoms with Gasteiger partial charge in [-0.05, 0) is 33.9 Å². The molecule has 1 aliphatic heterocycles. The highest BCUT2D eigenvalue weighted by Crippen LogP contribution is 2.22. The Bertz CT molecular complexity index is 574. The molecule has 0 spiro atoms. The third-order valence-corrected chi connectivity index (χ3v) is 3.92. The maximum atomic E-state index is 4.51. The summed E-state index contributed by atoms with van der Waals surface area (Å²) >= 11 is 0. The number of aromatic nitrogens is 3. The molecule has 3 rings (SSSR count). The molecule has 102 valence electrons. The fourth-order valence-corrected chi connectivity index (χ4v) is 2.83. The molecule has 3 heterocycles. The zero-order chi connectivity index (χ0) is 13.4. The van der Waals surface area contributed by atoms with Crippen molar-refractivity contribution in [1.29, 1.82) is 0 Å². The molecular weight excluding hydrogens is 238 g/mol. The van der Waals surface area contributed by atoms with Gasteiger partial charge in [0.05, 0.1) is 6.20 Å². The fraction of sp³-hybridized carbons (Fsp3) is 0.571. The number of nitrogens with zero attached hydrogens (tertiary/aromatic N) is 5. The van der Waals surface area contributed by atoms with Crippen LogP contribution in [0.5, 0.6) is 0 Å². The van der Waals surface area contributed by atoms with Crippen LogP contribution in [-0.2, 0) is 0 Å². The van der Waals surface area contributed by atoms with E-state index in [1.807, 2.05) is 23.7 Å². The van der Waals surface area contributed by atoms with Gasteiger partial charge in [-0.3, -0.25) is 0 Å². The Morgan fingerprint density at radius 2 is 2.21 bits per heavy atom. The summed E-state index contributed by atoms with van der Waals surface area (Å²) in [7, 11) is 4.32. The number of piperidine rings is 1. The second-order valence-corrected chi connectivity index (χ2v) is 5.56. The lowest BCUT2D eigenvalue weighted by atomic mass is 10.0. The smallest absolute Gasteiger partial charge is 0.157 e. The van der Waals surface area contributed by atoms with E-state index in [4.69, 9.17) is 0 Å². The minimum atomic E-state index is 0.618. The number of hydrogen-bond acceptors (Lipinski definition) is 4. The van der Waals surface area contributed by atoms with Gasteiger partial charge in [0.25, 0.3) is 0 Å². The minimum Gasteiger partial charge on any atom is -0.355 e. The summed E-state index contributed by atoms with van der Waals surface area (Å²) in [5, 5.41) is 4.40. The van der Waals surface area contributed by atoms with E-state index in [1.165, 1.54) is 18.7 Å². The molecule has 5 heteroatoms. The van der Waals surface area contributed by atoms with Crippen molar-refractivity contribution in [2.24, 2.45) is 0 Å². The molecular formula is C14H21N5. The Balaban J connectivity index is 1.97. The van der Waals surface area contributed by atoms with Crippen LogP contribution in [0.1, 0.15) is 18.5 Å². The number of aryl methyl sites for hydroxylation is 1. The molecule has 1 atom stereocenters. The first-order chi connectivity index (χ1) is 9.15. The summed E-state index contributed by atoms with van der Waals surface area (Å²) < 4.78 is 1.95. The number of hydrogen-bond donors (Lipinski definition) is 0. The second-order valence-electron chi connectivity index (χ2n) is 5.56. The maximum Gasteiger partial charge on any atom is 0.157 e. The van der Waals surface area contributed by atoms with Gasteiger partial charge >= 0.3 is 0 Å². The molecule has 0 aromatic carbocycles. The fourth-order valence-electron chi connectivity index (χ4n) is 2.83. The molecule has 0 saturated carbocycles. The van der Waals surface area contributed by atoms with Gasteiger partial charge in [-0.25, -0.2) is 4.98 Å². The SMILES string of the molecule is Cc1cc(N2CCC[C@H](N(C)C)C2)n2nccc2n1. The number of likely N-dealkylation sites (N-methyl/N-ethyl adjacent to an activating group) is 1. The Labute approximate surface area is 113 Å². The van der Waals surface area contributed by atoms with Crippen LogP contribution in [0.2, 0.25) is 0 Å². The second kappa shape index (κ2) is 4.81. The van der Waals surface area contributed by atoms with Crippen LogP contribution in [0, 0.1) is 6.92 Å². The predicted molar refractivity (Wildman–Crippen MR) is 76.6 cm³/mol. The van der Waals surface area contributed by atoms with Gasteiger partial charge in [-0.15, -0.1) is 0 Å². The highest BCUT2D eigenvalue weighted by atomic mass is 15.4. The molecule has 2 aromatic rings. The van der Waals surface area contributed by atoms with Gasteiger partial charge in [-0.1, -0.05) is 0 Å². The van der Waals surface area contributed by atoms with E-state index < -0.39 is 0 Å². The third kappa shape index (κ3) is 2.30. The van der Waals surface area contributed by atoms with Gasteiger partial charge < -0.3 is 9.80 Å². The lowest BCUT2D eigenvalue weighted by Crippen LogP contribution is -2.45. The molecule has 19 heavy (non-hydrogen) atoms. The number of fused-ring (bicyclic) bond motifs is 1. The molecule has 0 aliphatic carbocycles. The van der Waals surface area contributed by atoms with Crippen LogP contribution in [0.4, 0.5) is 5.82 Å². The quantitative estimate of drug-likeness (QED) is 0.820. The normalized spacial score (nSPS) is 20.4. The van der Waals surface area contributed by atoms with Crippen molar-refractivity contribution >= 4 is 11.5 Å². The summed E-state index contributed by atoms with van der Waals surface area (Å²) in [5.74, 6) is 1.17. The molecule has 0 radical (unpaired) electrons. The van der Waals surface area contributed by atoms with Crippen molar-refractivity contribution in [2.45, 2.75) is 25.8 Å². The molecule has 0 bridgehead atoms. The van der Waals surface area contributed by atoms with E-state index in [9.17, 15) is 0 Å². The molecule has 1 fully saturated rings. The first kappa shape index (κ1) is 12.4. The molecule has 2 aromatic heterocycles. The van der Waals surface area contributed by atoms with E-state index in [-0.39, 0.29) is 0 Å². The van der Waals surface area contributed by atoms with Crippen LogP contribution in [0.3, 0.4) is 0 Å². The average molecular weight is 259 g/mol. The highest BCUT2D eigenvalue weighted by Gasteiger charge is 2.23. The van der Waals surface area contributed by atoms with Crippen LogP contribution < -0.4 is 4.90 Å². The third-order valence-electron chi connectivity index (χ3n) is 3.92. The molecule has 5 nitrogen and oxygen atoms in total. The highest BCUT2D eigenvalue weighted by molar-refractivity contribution is 5.51. The number of anilines is 1. The van der Waals surface area contributed by atoms with Crippen molar-refractivity contribution in [1.82, 2.24) is 19.5 Å². The first-order valence-electron chi connectivity index (χ1n) is 6.88. The number of rotatable bonds is 2. The van der Waals surface area contributed by atoms with Gasteiger partial charge in [-0.2, -0.15) is 9.61 Å².